The van der Waals surface area contributed by atoms with Crippen molar-refractivity contribution in [2.24, 2.45) is 10.4 Å². The topological polar surface area (TPSA) is 70.6 Å². The molecule has 0 bridgehead atoms. The lowest BCUT2D eigenvalue weighted by Gasteiger charge is -2.26. The van der Waals surface area contributed by atoms with E-state index in [0.29, 0.717) is 11.4 Å². The molecular formula is C19H33N3O2S. The van der Waals surface area contributed by atoms with Gasteiger partial charge in [0, 0.05) is 26.4 Å². The van der Waals surface area contributed by atoms with E-state index in [1.807, 2.05) is 12.1 Å². The van der Waals surface area contributed by atoms with Gasteiger partial charge in [-0.15, -0.1) is 0 Å². The van der Waals surface area contributed by atoms with Crippen molar-refractivity contribution in [3.05, 3.63) is 29.8 Å². The van der Waals surface area contributed by atoms with Crippen molar-refractivity contribution < 1.29 is 8.42 Å². The summed E-state index contributed by atoms with van der Waals surface area (Å²) in [7, 11) is -1.39. The van der Waals surface area contributed by atoms with Gasteiger partial charge in [-0.25, -0.2) is 8.42 Å². The SMILES string of the molecule is CCCCCC(C)(C)CNC(=NC)NCc1ccc(S(C)(=O)=O)cc1. The molecule has 1 aromatic rings. The van der Waals surface area contributed by atoms with Crippen LogP contribution in [0.2, 0.25) is 0 Å². The zero-order chi connectivity index (χ0) is 18.9. The van der Waals surface area contributed by atoms with E-state index in [-0.39, 0.29) is 5.41 Å². The molecule has 0 aliphatic carbocycles. The Morgan fingerprint density at radius 3 is 2.28 bits per heavy atom. The summed E-state index contributed by atoms with van der Waals surface area (Å²) in [5, 5.41) is 6.66. The zero-order valence-electron chi connectivity index (χ0n) is 16.2. The minimum Gasteiger partial charge on any atom is -0.356 e. The van der Waals surface area contributed by atoms with Crippen molar-refractivity contribution in [2.45, 2.75) is 57.9 Å². The third kappa shape index (κ3) is 8.38. The summed E-state index contributed by atoms with van der Waals surface area (Å²) in [4.78, 5) is 4.60. The minimum atomic E-state index is -3.15. The molecule has 0 aliphatic heterocycles. The molecule has 0 aliphatic rings. The van der Waals surface area contributed by atoms with Crippen molar-refractivity contribution in [2.75, 3.05) is 19.8 Å². The third-order valence-corrected chi connectivity index (χ3v) is 5.36. The first-order valence-corrected chi connectivity index (χ1v) is 10.8. The van der Waals surface area contributed by atoms with Crippen LogP contribution in [0.25, 0.3) is 0 Å². The van der Waals surface area contributed by atoms with E-state index >= 15 is 0 Å². The summed E-state index contributed by atoms with van der Waals surface area (Å²) >= 11 is 0. The maximum atomic E-state index is 11.5. The van der Waals surface area contributed by atoms with Gasteiger partial charge in [0.15, 0.2) is 15.8 Å². The first-order valence-electron chi connectivity index (χ1n) is 8.91. The number of rotatable bonds is 9. The van der Waals surface area contributed by atoms with Crippen LogP contribution in [0.1, 0.15) is 52.0 Å². The summed E-state index contributed by atoms with van der Waals surface area (Å²) in [6.45, 7) is 8.22. The Labute approximate surface area is 153 Å². The van der Waals surface area contributed by atoms with Gasteiger partial charge < -0.3 is 10.6 Å². The lowest BCUT2D eigenvalue weighted by Crippen LogP contribution is -2.41. The Balaban J connectivity index is 2.49. The second kappa shape index (κ2) is 9.80. The van der Waals surface area contributed by atoms with Crippen molar-refractivity contribution in [1.29, 1.82) is 0 Å². The number of unbranched alkanes of at least 4 members (excludes halogenated alkanes) is 2. The summed E-state index contributed by atoms with van der Waals surface area (Å²) in [6.07, 6.45) is 6.18. The fourth-order valence-electron chi connectivity index (χ4n) is 2.53. The Hall–Kier alpha value is -1.56. The van der Waals surface area contributed by atoms with E-state index in [9.17, 15) is 8.42 Å². The number of benzene rings is 1. The number of nitrogens with zero attached hydrogens (tertiary/aromatic N) is 1. The molecule has 1 aromatic carbocycles. The predicted molar refractivity (Wildman–Crippen MR) is 106 cm³/mol. The van der Waals surface area contributed by atoms with E-state index in [0.717, 1.165) is 18.1 Å². The van der Waals surface area contributed by atoms with Gasteiger partial charge in [-0.05, 0) is 29.5 Å². The molecule has 0 radical (unpaired) electrons. The molecule has 5 nitrogen and oxygen atoms in total. The lowest BCUT2D eigenvalue weighted by molar-refractivity contribution is 0.318. The smallest absolute Gasteiger partial charge is 0.191 e. The Morgan fingerprint density at radius 1 is 1.12 bits per heavy atom. The molecule has 0 unspecified atom stereocenters. The molecule has 142 valence electrons. The number of nitrogens with one attached hydrogen (secondary N) is 2. The van der Waals surface area contributed by atoms with Crippen LogP contribution in [0.5, 0.6) is 0 Å². The van der Waals surface area contributed by atoms with Gasteiger partial charge in [0.05, 0.1) is 4.90 Å². The predicted octanol–water partition coefficient (Wildman–Crippen LogP) is 3.36. The van der Waals surface area contributed by atoms with Crippen LogP contribution in [-0.2, 0) is 16.4 Å². The molecular weight excluding hydrogens is 334 g/mol. The van der Waals surface area contributed by atoms with Crippen LogP contribution in [-0.4, -0.2) is 34.2 Å². The molecule has 0 atom stereocenters. The Kier molecular flexibility index (Phi) is 8.42. The fourth-order valence-corrected chi connectivity index (χ4v) is 3.16. The molecule has 2 N–H and O–H groups in total. The number of sulfone groups is 1. The minimum absolute atomic E-state index is 0.226. The molecule has 0 amide bonds. The molecule has 6 heteroatoms. The average molecular weight is 368 g/mol. The molecule has 0 fully saturated rings. The van der Waals surface area contributed by atoms with Gasteiger partial charge in [-0.2, -0.15) is 0 Å². The second-order valence-corrected chi connectivity index (χ2v) is 9.33. The van der Waals surface area contributed by atoms with Gasteiger partial charge in [0.2, 0.25) is 0 Å². The number of guanidine groups is 1. The number of hydrogen-bond acceptors (Lipinski definition) is 3. The van der Waals surface area contributed by atoms with E-state index in [4.69, 9.17) is 0 Å². The van der Waals surface area contributed by atoms with Crippen molar-refractivity contribution >= 4 is 15.8 Å². The van der Waals surface area contributed by atoms with Crippen LogP contribution >= 0.6 is 0 Å². The van der Waals surface area contributed by atoms with Crippen molar-refractivity contribution in [3.8, 4) is 0 Å². The van der Waals surface area contributed by atoms with Crippen LogP contribution in [0.3, 0.4) is 0 Å². The maximum Gasteiger partial charge on any atom is 0.191 e. The largest absolute Gasteiger partial charge is 0.356 e. The van der Waals surface area contributed by atoms with Crippen LogP contribution in [0.15, 0.2) is 34.2 Å². The second-order valence-electron chi connectivity index (χ2n) is 7.32. The molecule has 0 spiro atoms. The Morgan fingerprint density at radius 2 is 1.76 bits per heavy atom. The highest BCUT2D eigenvalue weighted by atomic mass is 32.2. The average Bonchev–Trinajstić information content (AvgIpc) is 2.54. The monoisotopic (exact) mass is 367 g/mol. The highest BCUT2D eigenvalue weighted by molar-refractivity contribution is 7.90. The third-order valence-electron chi connectivity index (χ3n) is 4.23. The van der Waals surface area contributed by atoms with Gasteiger partial charge in [-0.3, -0.25) is 4.99 Å². The molecule has 0 heterocycles. The van der Waals surface area contributed by atoms with Crippen LogP contribution in [0, 0.1) is 5.41 Å². The molecule has 0 saturated heterocycles. The lowest BCUT2D eigenvalue weighted by atomic mass is 9.87. The van der Waals surface area contributed by atoms with Crippen LogP contribution < -0.4 is 10.6 Å². The van der Waals surface area contributed by atoms with Crippen LogP contribution in [0.4, 0.5) is 0 Å². The van der Waals surface area contributed by atoms with Gasteiger partial charge >= 0.3 is 0 Å². The molecule has 0 saturated carbocycles. The standard InChI is InChI=1S/C19H33N3O2S/c1-6-7-8-13-19(2,3)15-22-18(20-4)21-14-16-9-11-17(12-10-16)25(5,23)24/h9-12H,6-8,13-15H2,1-5H3,(H2,20,21,22). The first-order chi connectivity index (χ1) is 11.7. The fraction of sp³-hybridized carbons (Fsp3) is 0.632. The van der Waals surface area contributed by atoms with Crippen molar-refractivity contribution in [1.82, 2.24) is 10.6 Å². The Bertz CT molecular complexity index is 650. The molecule has 25 heavy (non-hydrogen) atoms. The number of aliphatic imine (C=N–C) groups is 1. The highest BCUT2D eigenvalue weighted by Crippen LogP contribution is 2.22. The van der Waals surface area contributed by atoms with Gasteiger partial charge in [0.25, 0.3) is 0 Å². The number of hydrogen-bond donors (Lipinski definition) is 2. The molecule has 1 rings (SSSR count). The maximum absolute atomic E-state index is 11.5. The normalized spacial score (nSPS) is 12.9. The molecule has 0 aromatic heterocycles. The summed E-state index contributed by atoms with van der Waals surface area (Å²) in [5.74, 6) is 0.760. The quantitative estimate of drug-likeness (QED) is 0.399. The van der Waals surface area contributed by atoms with E-state index in [1.54, 1.807) is 19.2 Å². The van der Waals surface area contributed by atoms with E-state index in [2.05, 4.69) is 36.4 Å². The first kappa shape index (κ1) is 21.5. The van der Waals surface area contributed by atoms with Gasteiger partial charge in [0.1, 0.15) is 0 Å². The summed E-state index contributed by atoms with van der Waals surface area (Å²) < 4.78 is 23.0. The zero-order valence-corrected chi connectivity index (χ0v) is 17.0. The van der Waals surface area contributed by atoms with Crippen molar-refractivity contribution in [3.63, 3.8) is 0 Å². The van der Waals surface area contributed by atoms with E-state index < -0.39 is 9.84 Å². The summed E-state index contributed by atoms with van der Waals surface area (Å²) in [5.41, 5.74) is 1.24. The van der Waals surface area contributed by atoms with E-state index in [1.165, 1.54) is 31.9 Å². The van der Waals surface area contributed by atoms with Gasteiger partial charge in [-0.1, -0.05) is 52.2 Å². The summed E-state index contributed by atoms with van der Waals surface area (Å²) in [6, 6.07) is 6.93. The highest BCUT2D eigenvalue weighted by Gasteiger charge is 2.17.